The Bertz CT molecular complexity index is 1030. The highest BCUT2D eigenvalue weighted by Gasteiger charge is 2.07. The zero-order chi connectivity index (χ0) is 17.8. The van der Waals surface area contributed by atoms with Gasteiger partial charge in [-0.2, -0.15) is 0 Å². The molecule has 3 nitrogen and oxygen atoms in total. The summed E-state index contributed by atoms with van der Waals surface area (Å²) in [4.78, 5) is 16.7. The molecule has 0 spiro atoms. The van der Waals surface area contributed by atoms with Crippen LogP contribution < -0.4 is 4.74 Å². The van der Waals surface area contributed by atoms with Crippen molar-refractivity contribution in [2.45, 2.75) is 0 Å². The van der Waals surface area contributed by atoms with Gasteiger partial charge in [-0.15, -0.1) is 0 Å². The van der Waals surface area contributed by atoms with Crippen LogP contribution in [0.25, 0.3) is 16.3 Å². The van der Waals surface area contributed by atoms with E-state index in [9.17, 15) is 4.79 Å². The van der Waals surface area contributed by atoms with E-state index in [1.807, 2.05) is 60.7 Å². The van der Waals surface area contributed by atoms with E-state index in [0.717, 1.165) is 15.8 Å². The fourth-order valence-electron chi connectivity index (χ4n) is 2.52. The molecule has 0 radical (unpaired) electrons. The van der Waals surface area contributed by atoms with Crippen molar-refractivity contribution in [1.82, 2.24) is 4.98 Å². The number of hydrogen-bond acceptors (Lipinski definition) is 4. The number of benzene rings is 3. The summed E-state index contributed by atoms with van der Waals surface area (Å²) in [6.07, 6.45) is 3.40. The summed E-state index contributed by atoms with van der Waals surface area (Å²) in [5, 5.41) is 0.592. The van der Waals surface area contributed by atoms with Gasteiger partial charge in [0.25, 0.3) is 5.19 Å². The van der Waals surface area contributed by atoms with Crippen LogP contribution in [-0.4, -0.2) is 10.8 Å². The predicted molar refractivity (Wildman–Crippen MR) is 106 cm³/mol. The number of ketones is 1. The van der Waals surface area contributed by atoms with E-state index in [4.69, 9.17) is 4.74 Å². The SMILES string of the molecule is O=C(/C=C/c1ccccc1)c1ccc(Oc2nc3ccccc3s2)cc1. The van der Waals surface area contributed by atoms with Crippen molar-refractivity contribution in [1.29, 1.82) is 0 Å². The van der Waals surface area contributed by atoms with Gasteiger partial charge >= 0.3 is 0 Å². The number of carbonyl (C=O) groups excluding carboxylic acids is 1. The van der Waals surface area contributed by atoms with Crippen molar-refractivity contribution in [3.8, 4) is 10.9 Å². The first-order valence-electron chi connectivity index (χ1n) is 8.19. The van der Waals surface area contributed by atoms with Crippen molar-refractivity contribution in [3.63, 3.8) is 0 Å². The lowest BCUT2D eigenvalue weighted by Crippen LogP contribution is -1.94. The second kappa shape index (κ2) is 7.33. The molecular formula is C22H15NO2S. The number of fused-ring (bicyclic) bond motifs is 1. The fraction of sp³-hybridized carbons (Fsp3) is 0. The number of aromatic nitrogens is 1. The molecule has 0 amide bonds. The molecule has 0 aliphatic rings. The minimum Gasteiger partial charge on any atom is -0.431 e. The molecule has 26 heavy (non-hydrogen) atoms. The molecule has 0 saturated heterocycles. The zero-order valence-corrected chi connectivity index (χ0v) is 14.6. The molecule has 0 saturated carbocycles. The van der Waals surface area contributed by atoms with Crippen LogP contribution in [0.3, 0.4) is 0 Å². The molecule has 1 aromatic heterocycles. The van der Waals surface area contributed by atoms with Crippen LogP contribution in [0, 0.1) is 0 Å². The smallest absolute Gasteiger partial charge is 0.279 e. The van der Waals surface area contributed by atoms with Crippen LogP contribution in [0.5, 0.6) is 10.9 Å². The van der Waals surface area contributed by atoms with Gasteiger partial charge < -0.3 is 4.74 Å². The fourth-order valence-corrected chi connectivity index (χ4v) is 3.35. The molecule has 126 valence electrons. The molecule has 0 atom stereocenters. The van der Waals surface area contributed by atoms with Crippen LogP contribution in [-0.2, 0) is 0 Å². The Labute approximate surface area is 155 Å². The third-order valence-corrected chi connectivity index (χ3v) is 4.76. The van der Waals surface area contributed by atoms with Gasteiger partial charge in [0.1, 0.15) is 5.75 Å². The lowest BCUT2D eigenvalue weighted by atomic mass is 10.1. The molecule has 4 rings (SSSR count). The summed E-state index contributed by atoms with van der Waals surface area (Å²) in [7, 11) is 0. The van der Waals surface area contributed by atoms with Crippen molar-refractivity contribution in [3.05, 3.63) is 96.1 Å². The molecule has 3 aromatic carbocycles. The second-order valence-corrected chi connectivity index (χ2v) is 6.68. The largest absolute Gasteiger partial charge is 0.431 e. The van der Waals surface area contributed by atoms with Crippen LogP contribution in [0.15, 0.2) is 84.9 Å². The maximum atomic E-state index is 12.3. The second-order valence-electron chi connectivity index (χ2n) is 5.68. The highest BCUT2D eigenvalue weighted by molar-refractivity contribution is 7.20. The number of nitrogens with zero attached hydrogens (tertiary/aromatic N) is 1. The number of hydrogen-bond donors (Lipinski definition) is 0. The molecule has 0 aliphatic heterocycles. The first-order chi connectivity index (χ1) is 12.8. The number of ether oxygens (including phenoxy) is 1. The van der Waals surface area contributed by atoms with E-state index in [-0.39, 0.29) is 5.78 Å². The Morgan fingerprint density at radius 3 is 2.38 bits per heavy atom. The Hall–Kier alpha value is -3.24. The van der Waals surface area contributed by atoms with E-state index in [2.05, 4.69) is 4.98 Å². The van der Waals surface area contributed by atoms with Gasteiger partial charge in [0, 0.05) is 5.56 Å². The van der Waals surface area contributed by atoms with Crippen LogP contribution in [0.1, 0.15) is 15.9 Å². The standard InChI is InChI=1S/C22H15NO2S/c24-20(15-10-16-6-2-1-3-7-16)17-11-13-18(14-12-17)25-22-23-19-8-4-5-9-21(19)26-22/h1-15H/b15-10+. The van der Waals surface area contributed by atoms with Gasteiger partial charge in [0.15, 0.2) is 5.78 Å². The van der Waals surface area contributed by atoms with Crippen molar-refractivity contribution >= 4 is 33.4 Å². The third-order valence-electron chi connectivity index (χ3n) is 3.84. The molecule has 0 bridgehead atoms. The Balaban J connectivity index is 1.46. The van der Waals surface area contributed by atoms with Gasteiger partial charge in [-0.25, -0.2) is 4.98 Å². The molecule has 4 aromatic rings. The lowest BCUT2D eigenvalue weighted by molar-refractivity contribution is 0.104. The summed E-state index contributed by atoms with van der Waals surface area (Å²) in [6, 6.07) is 24.8. The van der Waals surface area contributed by atoms with Gasteiger partial charge in [-0.1, -0.05) is 59.9 Å². The number of carbonyl (C=O) groups is 1. The normalized spacial score (nSPS) is 11.1. The van der Waals surface area contributed by atoms with E-state index < -0.39 is 0 Å². The minimum atomic E-state index is -0.0413. The summed E-state index contributed by atoms with van der Waals surface area (Å²) < 4.78 is 6.89. The van der Waals surface area contributed by atoms with Gasteiger partial charge in [-0.3, -0.25) is 4.79 Å². The molecule has 0 unspecified atom stereocenters. The maximum Gasteiger partial charge on any atom is 0.279 e. The first kappa shape index (κ1) is 16.2. The van der Waals surface area contributed by atoms with Gasteiger partial charge in [-0.05, 0) is 48.0 Å². The Morgan fingerprint density at radius 2 is 1.62 bits per heavy atom. The monoisotopic (exact) mass is 357 g/mol. The summed E-state index contributed by atoms with van der Waals surface area (Å²) in [5.74, 6) is 0.619. The van der Waals surface area contributed by atoms with Crippen molar-refractivity contribution < 1.29 is 9.53 Å². The first-order valence-corrected chi connectivity index (χ1v) is 9.00. The minimum absolute atomic E-state index is 0.0413. The number of rotatable bonds is 5. The van der Waals surface area contributed by atoms with E-state index in [1.54, 1.807) is 30.3 Å². The molecule has 1 heterocycles. The van der Waals surface area contributed by atoms with Gasteiger partial charge in [0.2, 0.25) is 0 Å². The van der Waals surface area contributed by atoms with Crippen LogP contribution >= 0.6 is 11.3 Å². The third kappa shape index (κ3) is 3.71. The molecule has 0 aliphatic carbocycles. The number of para-hydroxylation sites is 1. The lowest BCUT2D eigenvalue weighted by Gasteiger charge is -2.02. The number of allylic oxidation sites excluding steroid dienone is 1. The highest BCUT2D eigenvalue weighted by atomic mass is 32.1. The van der Waals surface area contributed by atoms with Crippen LogP contribution in [0.2, 0.25) is 0 Å². The summed E-state index contributed by atoms with van der Waals surface area (Å²) in [5.41, 5.74) is 2.54. The maximum absolute atomic E-state index is 12.3. The topological polar surface area (TPSA) is 39.2 Å². The van der Waals surface area contributed by atoms with E-state index >= 15 is 0 Å². The molecule has 0 fully saturated rings. The zero-order valence-electron chi connectivity index (χ0n) is 13.8. The van der Waals surface area contributed by atoms with Crippen LogP contribution in [0.4, 0.5) is 0 Å². The Kier molecular flexibility index (Phi) is 4.58. The summed E-state index contributed by atoms with van der Waals surface area (Å²) >= 11 is 1.50. The van der Waals surface area contributed by atoms with Gasteiger partial charge in [0.05, 0.1) is 10.2 Å². The van der Waals surface area contributed by atoms with E-state index in [1.165, 1.54) is 11.3 Å². The quantitative estimate of drug-likeness (QED) is 0.325. The number of thiazole rings is 1. The predicted octanol–water partition coefficient (Wildman–Crippen LogP) is 5.98. The average Bonchev–Trinajstić information content (AvgIpc) is 3.10. The Morgan fingerprint density at radius 1 is 0.885 bits per heavy atom. The average molecular weight is 357 g/mol. The molecular weight excluding hydrogens is 342 g/mol. The molecule has 0 N–H and O–H groups in total. The summed E-state index contributed by atoms with van der Waals surface area (Å²) in [6.45, 7) is 0. The van der Waals surface area contributed by atoms with E-state index in [0.29, 0.717) is 16.5 Å². The highest BCUT2D eigenvalue weighted by Crippen LogP contribution is 2.31. The van der Waals surface area contributed by atoms with Crippen molar-refractivity contribution in [2.24, 2.45) is 0 Å². The van der Waals surface area contributed by atoms with Crippen molar-refractivity contribution in [2.75, 3.05) is 0 Å². The molecule has 4 heteroatoms.